The van der Waals surface area contributed by atoms with Gasteiger partial charge in [-0.2, -0.15) is 11.3 Å². The minimum Gasteiger partial charge on any atom is -0.497 e. The molecule has 2 N–H and O–H groups in total. The maximum Gasteiger partial charge on any atom is 0.119 e. The normalized spacial score (nSPS) is 12.4. The highest BCUT2D eigenvalue weighted by atomic mass is 32.2. The Morgan fingerprint density at radius 3 is 2.94 bits per heavy atom. The smallest absolute Gasteiger partial charge is 0.119 e. The van der Waals surface area contributed by atoms with Crippen LogP contribution < -0.4 is 10.5 Å². The Morgan fingerprint density at radius 2 is 2.29 bits per heavy atom. The highest BCUT2D eigenvalue weighted by Gasteiger charge is 2.12. The summed E-state index contributed by atoms with van der Waals surface area (Å²) in [4.78, 5) is 1.19. The largest absolute Gasteiger partial charge is 0.497 e. The van der Waals surface area contributed by atoms with Gasteiger partial charge in [0.25, 0.3) is 0 Å². The number of thiophene rings is 1. The Kier molecular flexibility index (Phi) is 4.48. The monoisotopic (exact) mass is 265 g/mol. The van der Waals surface area contributed by atoms with E-state index in [1.807, 2.05) is 18.2 Å². The lowest BCUT2D eigenvalue weighted by Gasteiger charge is -2.13. The minimum atomic E-state index is 0.313. The van der Waals surface area contributed by atoms with Crippen molar-refractivity contribution in [1.82, 2.24) is 0 Å². The highest BCUT2D eigenvalue weighted by molar-refractivity contribution is 7.99. The van der Waals surface area contributed by atoms with Crippen molar-refractivity contribution < 1.29 is 4.74 Å². The molecule has 2 rings (SSSR count). The molecule has 90 valence electrons. The van der Waals surface area contributed by atoms with Crippen LogP contribution in [0.15, 0.2) is 46.0 Å². The number of rotatable bonds is 5. The Labute approximate surface area is 110 Å². The van der Waals surface area contributed by atoms with E-state index in [9.17, 15) is 0 Å². The molecular weight excluding hydrogens is 250 g/mol. The van der Waals surface area contributed by atoms with Crippen LogP contribution in [0.5, 0.6) is 5.75 Å². The number of thioether (sulfide) groups is 1. The van der Waals surface area contributed by atoms with Gasteiger partial charge in [0, 0.05) is 16.7 Å². The van der Waals surface area contributed by atoms with Gasteiger partial charge in [0.15, 0.2) is 0 Å². The Morgan fingerprint density at radius 1 is 1.41 bits per heavy atom. The molecule has 0 saturated carbocycles. The Bertz CT molecular complexity index is 456. The molecule has 1 unspecified atom stereocenters. The van der Waals surface area contributed by atoms with E-state index in [2.05, 4.69) is 22.9 Å². The zero-order chi connectivity index (χ0) is 12.1. The second-order valence-electron chi connectivity index (χ2n) is 3.58. The first kappa shape index (κ1) is 12.5. The summed E-state index contributed by atoms with van der Waals surface area (Å²) in [5.41, 5.74) is 7.13. The number of methoxy groups -OCH3 is 1. The van der Waals surface area contributed by atoms with E-state index in [0.717, 1.165) is 5.75 Å². The molecule has 1 heterocycles. The second-order valence-corrected chi connectivity index (χ2v) is 5.63. The van der Waals surface area contributed by atoms with E-state index in [1.165, 1.54) is 10.5 Å². The van der Waals surface area contributed by atoms with Crippen LogP contribution in [0.1, 0.15) is 10.8 Å². The van der Waals surface area contributed by atoms with Crippen LogP contribution in [0.4, 0.5) is 0 Å². The van der Waals surface area contributed by atoms with Gasteiger partial charge in [0.2, 0.25) is 0 Å². The molecule has 2 nitrogen and oxygen atoms in total. The zero-order valence-corrected chi connectivity index (χ0v) is 11.3. The molecule has 0 aliphatic rings. The van der Waals surface area contributed by atoms with Gasteiger partial charge in [-0.25, -0.2) is 0 Å². The van der Waals surface area contributed by atoms with Crippen LogP contribution in [-0.2, 0) is 0 Å². The molecule has 0 fully saturated rings. The zero-order valence-electron chi connectivity index (χ0n) is 9.63. The molecule has 0 bridgehead atoms. The van der Waals surface area contributed by atoms with E-state index in [0.29, 0.717) is 11.8 Å². The van der Waals surface area contributed by atoms with Gasteiger partial charge < -0.3 is 10.5 Å². The van der Waals surface area contributed by atoms with E-state index in [-0.39, 0.29) is 0 Å². The summed E-state index contributed by atoms with van der Waals surface area (Å²) in [5, 5.41) is 4.56. The van der Waals surface area contributed by atoms with Gasteiger partial charge in [-0.05, 0) is 40.6 Å². The molecule has 1 aromatic heterocycles. The van der Waals surface area contributed by atoms with E-state index < -0.39 is 0 Å². The van der Waals surface area contributed by atoms with Crippen LogP contribution in [-0.4, -0.2) is 13.7 Å². The van der Waals surface area contributed by atoms with Crippen molar-refractivity contribution >= 4 is 23.1 Å². The fourth-order valence-corrected chi connectivity index (χ4v) is 3.40. The number of hydrogen-bond acceptors (Lipinski definition) is 4. The quantitative estimate of drug-likeness (QED) is 0.840. The first-order chi connectivity index (χ1) is 8.33. The van der Waals surface area contributed by atoms with Crippen LogP contribution in [0, 0.1) is 0 Å². The van der Waals surface area contributed by atoms with Crippen LogP contribution >= 0.6 is 23.1 Å². The minimum absolute atomic E-state index is 0.313. The summed E-state index contributed by atoms with van der Waals surface area (Å²) in [5.74, 6) is 0.885. The topological polar surface area (TPSA) is 35.2 Å². The average molecular weight is 265 g/mol. The Balaban J connectivity index is 2.13. The van der Waals surface area contributed by atoms with Crippen molar-refractivity contribution in [2.45, 2.75) is 10.1 Å². The maximum absolute atomic E-state index is 5.83. The maximum atomic E-state index is 5.83. The average Bonchev–Trinajstić information content (AvgIpc) is 2.90. The molecule has 0 amide bonds. The second kappa shape index (κ2) is 6.10. The van der Waals surface area contributed by atoms with Crippen LogP contribution in [0.3, 0.4) is 0 Å². The van der Waals surface area contributed by atoms with Crippen molar-refractivity contribution in [2.24, 2.45) is 5.73 Å². The van der Waals surface area contributed by atoms with Crippen LogP contribution in [0.2, 0.25) is 0 Å². The molecule has 4 heteroatoms. The summed E-state index contributed by atoms with van der Waals surface area (Å²) in [6, 6.07) is 10.2. The third kappa shape index (κ3) is 3.25. The van der Waals surface area contributed by atoms with Crippen molar-refractivity contribution in [2.75, 3.05) is 13.7 Å². The number of ether oxygens (including phenoxy) is 1. The predicted octanol–water partition coefficient (Wildman–Crippen LogP) is 3.55. The van der Waals surface area contributed by atoms with Gasteiger partial charge in [0.05, 0.1) is 7.11 Å². The van der Waals surface area contributed by atoms with E-state index >= 15 is 0 Å². The van der Waals surface area contributed by atoms with Gasteiger partial charge >= 0.3 is 0 Å². The van der Waals surface area contributed by atoms with Crippen molar-refractivity contribution in [3.63, 3.8) is 0 Å². The number of benzene rings is 1. The van der Waals surface area contributed by atoms with Crippen molar-refractivity contribution in [1.29, 1.82) is 0 Å². The molecular formula is C13H15NOS2. The van der Waals surface area contributed by atoms with Gasteiger partial charge in [-0.1, -0.05) is 6.07 Å². The van der Waals surface area contributed by atoms with E-state index in [1.54, 1.807) is 30.2 Å². The first-order valence-electron chi connectivity index (χ1n) is 5.36. The van der Waals surface area contributed by atoms with Crippen LogP contribution in [0.25, 0.3) is 0 Å². The lowest BCUT2D eigenvalue weighted by molar-refractivity contribution is 0.413. The lowest BCUT2D eigenvalue weighted by Crippen LogP contribution is -2.08. The third-order valence-electron chi connectivity index (χ3n) is 2.45. The third-order valence-corrected chi connectivity index (χ3v) is 4.43. The lowest BCUT2D eigenvalue weighted by atomic mass is 10.2. The van der Waals surface area contributed by atoms with E-state index in [4.69, 9.17) is 10.5 Å². The fourth-order valence-electron chi connectivity index (χ4n) is 1.55. The summed E-state index contributed by atoms with van der Waals surface area (Å²) >= 11 is 3.49. The summed E-state index contributed by atoms with van der Waals surface area (Å²) in [6.07, 6.45) is 0. The highest BCUT2D eigenvalue weighted by Crippen LogP contribution is 2.36. The van der Waals surface area contributed by atoms with Gasteiger partial charge in [0.1, 0.15) is 5.75 Å². The standard InChI is InChI=1S/C13H15NOS2/c1-15-11-3-2-4-12(7-11)17-13(8-14)10-5-6-16-9-10/h2-7,9,13H,8,14H2,1H3. The van der Waals surface area contributed by atoms with Gasteiger partial charge in [-0.15, -0.1) is 11.8 Å². The Hall–Kier alpha value is -0.970. The summed E-state index contributed by atoms with van der Waals surface area (Å²) < 4.78 is 5.22. The predicted molar refractivity (Wildman–Crippen MR) is 75.0 cm³/mol. The SMILES string of the molecule is COc1cccc(SC(CN)c2ccsc2)c1. The summed E-state index contributed by atoms with van der Waals surface area (Å²) in [7, 11) is 1.68. The molecule has 17 heavy (non-hydrogen) atoms. The van der Waals surface area contributed by atoms with Crippen molar-refractivity contribution in [3.05, 3.63) is 46.7 Å². The first-order valence-corrected chi connectivity index (χ1v) is 7.18. The van der Waals surface area contributed by atoms with Crippen molar-refractivity contribution in [3.8, 4) is 5.75 Å². The molecule has 1 atom stereocenters. The molecule has 0 radical (unpaired) electrons. The fraction of sp³-hybridized carbons (Fsp3) is 0.231. The number of hydrogen-bond donors (Lipinski definition) is 1. The molecule has 1 aromatic carbocycles. The molecule has 0 aliphatic carbocycles. The molecule has 0 spiro atoms. The summed E-state index contributed by atoms with van der Waals surface area (Å²) in [6.45, 7) is 0.638. The van der Waals surface area contributed by atoms with Gasteiger partial charge in [-0.3, -0.25) is 0 Å². The number of nitrogens with two attached hydrogens (primary N) is 1. The molecule has 0 saturated heterocycles. The molecule has 0 aliphatic heterocycles. The molecule has 2 aromatic rings.